The Kier molecular flexibility index (Phi) is 6.98. The molecule has 0 saturated heterocycles. The van der Waals surface area contributed by atoms with Crippen LogP contribution in [-0.4, -0.2) is 35.5 Å². The predicted molar refractivity (Wildman–Crippen MR) is 115 cm³/mol. The number of benzene rings is 2. The zero-order valence-electron chi connectivity index (χ0n) is 17.1. The Morgan fingerprint density at radius 2 is 2.03 bits per heavy atom. The van der Waals surface area contributed by atoms with Crippen LogP contribution in [0.1, 0.15) is 28.4 Å². The van der Waals surface area contributed by atoms with Gasteiger partial charge in [0, 0.05) is 37.5 Å². The number of rotatable bonds is 8. The number of nitrogens with one attached hydrogen (secondary N) is 1. The minimum Gasteiger partial charge on any atom is -0.488 e. The van der Waals surface area contributed by atoms with Crippen LogP contribution in [0.2, 0.25) is 0 Å². The third-order valence-corrected chi connectivity index (χ3v) is 4.25. The molecule has 0 fully saturated rings. The summed E-state index contributed by atoms with van der Waals surface area (Å²) in [7, 11) is 3.37. The summed E-state index contributed by atoms with van der Waals surface area (Å²) in [6.07, 6.45) is 4.94. The molecule has 1 atom stereocenters. The zero-order chi connectivity index (χ0) is 21.5. The first kappa shape index (κ1) is 21.3. The van der Waals surface area contributed by atoms with Crippen molar-refractivity contribution in [1.82, 2.24) is 9.78 Å². The molecular formula is C23H24FN3O3. The van der Waals surface area contributed by atoms with Crippen LogP contribution in [0.15, 0.2) is 54.7 Å². The van der Waals surface area contributed by atoms with E-state index in [1.807, 2.05) is 6.92 Å². The summed E-state index contributed by atoms with van der Waals surface area (Å²) in [4.78, 5) is 12.7. The fourth-order valence-corrected chi connectivity index (χ4v) is 2.88. The average Bonchev–Trinajstić information content (AvgIpc) is 3.12. The Balaban J connectivity index is 1.89. The average molecular weight is 409 g/mol. The second-order valence-electron chi connectivity index (χ2n) is 6.86. The first-order chi connectivity index (χ1) is 14.4. The van der Waals surface area contributed by atoms with Gasteiger partial charge in [0.2, 0.25) is 0 Å². The molecule has 0 radical (unpaired) electrons. The zero-order valence-corrected chi connectivity index (χ0v) is 17.1. The summed E-state index contributed by atoms with van der Waals surface area (Å²) in [5.74, 6) is 0.327. The Morgan fingerprint density at radius 1 is 1.23 bits per heavy atom. The highest BCUT2D eigenvalue weighted by atomic mass is 19.1. The minimum absolute atomic E-state index is 0.201. The lowest BCUT2D eigenvalue weighted by atomic mass is 10.1. The molecule has 1 heterocycles. The van der Waals surface area contributed by atoms with Crippen molar-refractivity contribution in [2.45, 2.75) is 13.0 Å². The predicted octanol–water partition coefficient (Wildman–Crippen LogP) is 4.40. The lowest BCUT2D eigenvalue weighted by molar-refractivity contribution is 0.0917. The van der Waals surface area contributed by atoms with Gasteiger partial charge in [0.05, 0.1) is 6.61 Å². The van der Waals surface area contributed by atoms with E-state index in [1.54, 1.807) is 79.7 Å². The van der Waals surface area contributed by atoms with Gasteiger partial charge in [0.1, 0.15) is 17.7 Å². The second-order valence-corrected chi connectivity index (χ2v) is 6.86. The van der Waals surface area contributed by atoms with Crippen LogP contribution in [0.4, 0.5) is 10.2 Å². The lowest BCUT2D eigenvalue weighted by Crippen LogP contribution is -2.19. The molecule has 3 aromatic rings. The number of methoxy groups -OCH3 is 1. The van der Waals surface area contributed by atoms with Gasteiger partial charge in [0.15, 0.2) is 5.82 Å². The van der Waals surface area contributed by atoms with Crippen LogP contribution in [0.5, 0.6) is 5.75 Å². The molecule has 0 aliphatic rings. The standard InChI is InChI=1S/C23H24FN3O3/c1-16(15-29-3)30-20-13-17(8-9-18-6-4-5-7-21(18)24)12-19(14-20)23(28)25-22-10-11-27(2)26-22/h4-14,16H,15H2,1-3H3,(H,25,26,28)/b9-8+/t16-/m0/s1. The Hall–Kier alpha value is -3.45. The highest BCUT2D eigenvalue weighted by Gasteiger charge is 2.12. The molecule has 0 unspecified atom stereocenters. The van der Waals surface area contributed by atoms with Gasteiger partial charge >= 0.3 is 0 Å². The Morgan fingerprint density at radius 3 is 2.73 bits per heavy atom. The van der Waals surface area contributed by atoms with Crippen LogP contribution in [0.25, 0.3) is 12.2 Å². The van der Waals surface area contributed by atoms with Crippen LogP contribution < -0.4 is 10.1 Å². The van der Waals surface area contributed by atoms with E-state index in [-0.39, 0.29) is 17.8 Å². The molecule has 0 saturated carbocycles. The third kappa shape index (κ3) is 5.78. The molecule has 6 nitrogen and oxygen atoms in total. The minimum atomic E-state index is -0.320. The molecule has 156 valence electrons. The summed E-state index contributed by atoms with van der Waals surface area (Å²) < 4.78 is 26.5. The maximum atomic E-state index is 13.9. The van der Waals surface area contributed by atoms with Gasteiger partial charge < -0.3 is 14.8 Å². The van der Waals surface area contributed by atoms with Crippen molar-refractivity contribution in [3.8, 4) is 5.75 Å². The van der Waals surface area contributed by atoms with Crippen molar-refractivity contribution in [3.05, 3.63) is 77.2 Å². The summed E-state index contributed by atoms with van der Waals surface area (Å²) in [5.41, 5.74) is 1.55. The monoisotopic (exact) mass is 409 g/mol. The molecule has 0 bridgehead atoms. The van der Waals surface area contributed by atoms with Crippen molar-refractivity contribution < 1.29 is 18.7 Å². The first-order valence-corrected chi connectivity index (χ1v) is 9.49. The largest absolute Gasteiger partial charge is 0.488 e. The van der Waals surface area contributed by atoms with Crippen LogP contribution in [0.3, 0.4) is 0 Å². The SMILES string of the molecule is COC[C@H](C)Oc1cc(/C=C/c2ccccc2F)cc(C(=O)Nc2ccn(C)n2)c1. The van der Waals surface area contributed by atoms with Gasteiger partial charge in [-0.25, -0.2) is 4.39 Å². The van der Waals surface area contributed by atoms with Crippen molar-refractivity contribution in [2.75, 3.05) is 19.0 Å². The van der Waals surface area contributed by atoms with E-state index >= 15 is 0 Å². The molecule has 1 aromatic heterocycles. The number of hydrogen-bond donors (Lipinski definition) is 1. The lowest BCUT2D eigenvalue weighted by Gasteiger charge is -2.15. The molecule has 0 aliphatic heterocycles. The van der Waals surface area contributed by atoms with Crippen LogP contribution >= 0.6 is 0 Å². The fraction of sp³-hybridized carbons (Fsp3) is 0.217. The number of anilines is 1. The van der Waals surface area contributed by atoms with Crippen molar-refractivity contribution in [2.24, 2.45) is 7.05 Å². The topological polar surface area (TPSA) is 65.4 Å². The van der Waals surface area contributed by atoms with E-state index in [0.29, 0.717) is 34.9 Å². The molecule has 0 spiro atoms. The first-order valence-electron chi connectivity index (χ1n) is 9.49. The highest BCUT2D eigenvalue weighted by molar-refractivity contribution is 6.04. The van der Waals surface area contributed by atoms with Gasteiger partial charge in [-0.2, -0.15) is 5.10 Å². The summed E-state index contributed by atoms with van der Waals surface area (Å²) >= 11 is 0. The Labute approximate surface area is 174 Å². The van der Waals surface area contributed by atoms with E-state index in [4.69, 9.17) is 9.47 Å². The van der Waals surface area contributed by atoms with Gasteiger partial charge in [-0.15, -0.1) is 0 Å². The van der Waals surface area contributed by atoms with E-state index in [9.17, 15) is 9.18 Å². The van der Waals surface area contributed by atoms with Crippen molar-refractivity contribution in [1.29, 1.82) is 0 Å². The van der Waals surface area contributed by atoms with Gasteiger partial charge in [-0.3, -0.25) is 9.48 Å². The van der Waals surface area contributed by atoms with E-state index in [1.165, 1.54) is 6.07 Å². The molecule has 30 heavy (non-hydrogen) atoms. The molecule has 3 rings (SSSR count). The number of aryl methyl sites for hydroxylation is 1. The van der Waals surface area contributed by atoms with Gasteiger partial charge in [-0.1, -0.05) is 30.4 Å². The Bertz CT molecular complexity index is 1050. The summed E-state index contributed by atoms with van der Waals surface area (Å²) in [5, 5.41) is 6.92. The highest BCUT2D eigenvalue weighted by Crippen LogP contribution is 2.22. The summed E-state index contributed by atoms with van der Waals surface area (Å²) in [6, 6.07) is 13.4. The van der Waals surface area contributed by atoms with Crippen LogP contribution in [-0.2, 0) is 11.8 Å². The molecular weight excluding hydrogens is 385 g/mol. The number of halogens is 1. The second kappa shape index (κ2) is 9.84. The normalized spacial score (nSPS) is 12.1. The number of hydrogen-bond acceptors (Lipinski definition) is 4. The summed E-state index contributed by atoms with van der Waals surface area (Å²) in [6.45, 7) is 2.28. The van der Waals surface area contributed by atoms with Gasteiger partial charge in [0.25, 0.3) is 5.91 Å². The smallest absolute Gasteiger partial charge is 0.257 e. The third-order valence-electron chi connectivity index (χ3n) is 4.25. The number of carbonyl (C=O) groups is 1. The number of nitrogens with zero attached hydrogens (tertiary/aromatic N) is 2. The van der Waals surface area contributed by atoms with Crippen LogP contribution in [0, 0.1) is 5.82 Å². The maximum absolute atomic E-state index is 13.9. The van der Waals surface area contributed by atoms with E-state index in [0.717, 1.165) is 0 Å². The number of aromatic nitrogens is 2. The van der Waals surface area contributed by atoms with E-state index in [2.05, 4.69) is 10.4 Å². The molecule has 1 amide bonds. The molecule has 7 heteroatoms. The quantitative estimate of drug-likeness (QED) is 0.560. The molecule has 2 aromatic carbocycles. The van der Waals surface area contributed by atoms with Crippen molar-refractivity contribution >= 4 is 23.9 Å². The maximum Gasteiger partial charge on any atom is 0.257 e. The van der Waals surface area contributed by atoms with Crippen molar-refractivity contribution in [3.63, 3.8) is 0 Å². The molecule has 1 N–H and O–H groups in total. The van der Waals surface area contributed by atoms with Gasteiger partial charge in [-0.05, 0) is 36.8 Å². The number of ether oxygens (including phenoxy) is 2. The number of amides is 1. The molecule has 0 aliphatic carbocycles. The number of carbonyl (C=O) groups excluding carboxylic acids is 1. The fourth-order valence-electron chi connectivity index (χ4n) is 2.88. The van der Waals surface area contributed by atoms with E-state index < -0.39 is 0 Å².